The van der Waals surface area contributed by atoms with E-state index in [1.165, 1.54) is 0 Å². The van der Waals surface area contributed by atoms with Gasteiger partial charge in [0, 0.05) is 5.69 Å². The van der Waals surface area contributed by atoms with Crippen molar-refractivity contribution < 1.29 is 9.59 Å². The second-order valence-electron chi connectivity index (χ2n) is 4.77. The molecule has 0 spiro atoms. The summed E-state index contributed by atoms with van der Waals surface area (Å²) in [6.45, 7) is 0.823. The van der Waals surface area contributed by atoms with Crippen LogP contribution < -0.4 is 11.1 Å². The second kappa shape index (κ2) is 6.17. The van der Waals surface area contributed by atoms with Gasteiger partial charge in [-0.2, -0.15) is 5.26 Å². The largest absolute Gasteiger partial charge is 0.368 e. The zero-order valence-electron chi connectivity index (χ0n) is 11.0. The third-order valence-electron chi connectivity index (χ3n) is 3.31. The van der Waals surface area contributed by atoms with Gasteiger partial charge >= 0.3 is 0 Å². The van der Waals surface area contributed by atoms with E-state index in [4.69, 9.17) is 11.0 Å². The van der Waals surface area contributed by atoms with Gasteiger partial charge in [-0.05, 0) is 37.6 Å². The van der Waals surface area contributed by atoms with Crippen LogP contribution in [-0.4, -0.2) is 35.8 Å². The third kappa shape index (κ3) is 3.33. The minimum atomic E-state index is -0.387. The summed E-state index contributed by atoms with van der Waals surface area (Å²) in [5.41, 5.74) is 6.36. The van der Waals surface area contributed by atoms with Gasteiger partial charge < -0.3 is 11.1 Å². The summed E-state index contributed by atoms with van der Waals surface area (Å²) < 4.78 is 0. The number of benzene rings is 1. The predicted octanol–water partition coefficient (Wildman–Crippen LogP) is 0.446. The summed E-state index contributed by atoms with van der Waals surface area (Å²) in [7, 11) is 0. The molecule has 0 saturated carbocycles. The van der Waals surface area contributed by atoms with Crippen LogP contribution in [0.15, 0.2) is 24.3 Å². The van der Waals surface area contributed by atoms with Gasteiger partial charge in [0.1, 0.15) is 0 Å². The van der Waals surface area contributed by atoms with Crippen LogP contribution in [-0.2, 0) is 9.59 Å². The van der Waals surface area contributed by atoms with Crippen molar-refractivity contribution in [1.29, 1.82) is 5.26 Å². The summed E-state index contributed by atoms with van der Waals surface area (Å²) in [6, 6.07) is 8.35. The number of rotatable bonds is 4. The summed E-state index contributed by atoms with van der Waals surface area (Å²) in [4.78, 5) is 25.0. The van der Waals surface area contributed by atoms with Crippen molar-refractivity contribution in [2.24, 2.45) is 5.73 Å². The first-order valence-corrected chi connectivity index (χ1v) is 6.43. The number of primary amides is 1. The standard InChI is InChI=1S/C14H16N4O2/c15-8-10-3-1-4-11(7-10)17-13(19)9-18-6-2-5-12(18)14(16)20/h1,3-4,7,12H,2,5-6,9H2,(H2,16,20)(H,17,19). The fourth-order valence-corrected chi connectivity index (χ4v) is 2.39. The van der Waals surface area contributed by atoms with Gasteiger partial charge in [0.2, 0.25) is 11.8 Å². The van der Waals surface area contributed by atoms with Gasteiger partial charge in [-0.1, -0.05) is 6.07 Å². The van der Waals surface area contributed by atoms with Crippen molar-refractivity contribution in [2.45, 2.75) is 18.9 Å². The molecule has 1 aromatic carbocycles. The predicted molar refractivity (Wildman–Crippen MR) is 73.6 cm³/mol. The molecule has 1 aliphatic heterocycles. The Kier molecular flexibility index (Phi) is 4.33. The third-order valence-corrected chi connectivity index (χ3v) is 3.31. The lowest BCUT2D eigenvalue weighted by atomic mass is 10.2. The van der Waals surface area contributed by atoms with Crippen LogP contribution in [0.2, 0.25) is 0 Å². The van der Waals surface area contributed by atoms with Gasteiger partial charge in [0.15, 0.2) is 0 Å². The number of hydrogen-bond donors (Lipinski definition) is 2. The van der Waals surface area contributed by atoms with Crippen molar-refractivity contribution in [3.63, 3.8) is 0 Å². The second-order valence-corrected chi connectivity index (χ2v) is 4.77. The van der Waals surface area contributed by atoms with Crippen LogP contribution in [0.4, 0.5) is 5.69 Å². The van der Waals surface area contributed by atoms with Gasteiger partial charge in [0.25, 0.3) is 0 Å². The van der Waals surface area contributed by atoms with Gasteiger partial charge in [0.05, 0.1) is 24.2 Å². The zero-order chi connectivity index (χ0) is 14.5. The Hall–Kier alpha value is -2.39. The Bertz CT molecular complexity index is 565. The van der Waals surface area contributed by atoms with Crippen LogP contribution in [0.25, 0.3) is 0 Å². The molecule has 0 radical (unpaired) electrons. The number of anilines is 1. The van der Waals surface area contributed by atoms with Crippen molar-refractivity contribution in [3.8, 4) is 6.07 Å². The zero-order valence-corrected chi connectivity index (χ0v) is 11.0. The summed E-state index contributed by atoms with van der Waals surface area (Å²) in [5, 5.41) is 11.5. The maximum atomic E-state index is 11.9. The lowest BCUT2D eigenvalue weighted by Crippen LogP contribution is -2.43. The first kappa shape index (κ1) is 14.0. The van der Waals surface area contributed by atoms with Crippen molar-refractivity contribution in [2.75, 3.05) is 18.4 Å². The maximum Gasteiger partial charge on any atom is 0.238 e. The average molecular weight is 272 g/mol. The van der Waals surface area contributed by atoms with Gasteiger partial charge in [-0.15, -0.1) is 0 Å². The Morgan fingerprint density at radius 2 is 2.30 bits per heavy atom. The molecule has 1 unspecified atom stereocenters. The van der Waals surface area contributed by atoms with Gasteiger partial charge in [-0.3, -0.25) is 14.5 Å². The Labute approximate surface area is 117 Å². The molecule has 1 heterocycles. The monoisotopic (exact) mass is 272 g/mol. The van der Waals surface area contributed by atoms with E-state index in [1.807, 2.05) is 6.07 Å². The molecule has 6 nitrogen and oxygen atoms in total. The van der Waals surface area contributed by atoms with E-state index >= 15 is 0 Å². The van der Waals surface area contributed by atoms with E-state index in [0.717, 1.165) is 6.42 Å². The molecule has 1 saturated heterocycles. The van der Waals surface area contributed by atoms with Crippen LogP contribution in [0, 0.1) is 11.3 Å². The number of nitrogens with one attached hydrogen (secondary N) is 1. The number of nitrogens with two attached hydrogens (primary N) is 1. The van der Waals surface area contributed by atoms with Crippen LogP contribution in [0.3, 0.4) is 0 Å². The van der Waals surface area contributed by atoms with Crippen molar-refractivity contribution in [1.82, 2.24) is 4.90 Å². The molecular formula is C14H16N4O2. The summed E-state index contributed by atoms with van der Waals surface area (Å²) in [5.74, 6) is -0.602. The molecular weight excluding hydrogens is 256 g/mol. The molecule has 6 heteroatoms. The molecule has 0 bridgehead atoms. The molecule has 20 heavy (non-hydrogen) atoms. The number of amides is 2. The smallest absolute Gasteiger partial charge is 0.238 e. The lowest BCUT2D eigenvalue weighted by molar-refractivity contribution is -0.123. The fraction of sp³-hybridized carbons (Fsp3) is 0.357. The normalized spacial score (nSPS) is 18.4. The highest BCUT2D eigenvalue weighted by atomic mass is 16.2. The highest BCUT2D eigenvalue weighted by Gasteiger charge is 2.30. The minimum absolute atomic E-state index is 0.129. The molecule has 1 atom stereocenters. The summed E-state index contributed by atoms with van der Waals surface area (Å²) >= 11 is 0. The van der Waals surface area contributed by atoms with Crippen LogP contribution in [0.1, 0.15) is 18.4 Å². The minimum Gasteiger partial charge on any atom is -0.368 e. The van der Waals surface area contributed by atoms with Crippen LogP contribution >= 0.6 is 0 Å². The van der Waals surface area contributed by atoms with E-state index in [0.29, 0.717) is 24.2 Å². The highest BCUT2D eigenvalue weighted by molar-refractivity contribution is 5.93. The van der Waals surface area contributed by atoms with Gasteiger partial charge in [-0.25, -0.2) is 0 Å². The van der Waals surface area contributed by atoms with Crippen LogP contribution in [0.5, 0.6) is 0 Å². The molecule has 2 amide bonds. The molecule has 2 rings (SSSR count). The molecule has 0 aromatic heterocycles. The van der Waals surface area contributed by atoms with E-state index in [-0.39, 0.29) is 24.4 Å². The van der Waals surface area contributed by atoms with E-state index < -0.39 is 0 Å². The number of nitrogens with zero attached hydrogens (tertiary/aromatic N) is 2. The maximum absolute atomic E-state index is 11.9. The number of carbonyl (C=O) groups excluding carboxylic acids is 2. The Morgan fingerprint density at radius 3 is 3.00 bits per heavy atom. The first-order chi connectivity index (χ1) is 9.60. The number of hydrogen-bond acceptors (Lipinski definition) is 4. The first-order valence-electron chi connectivity index (χ1n) is 6.43. The molecule has 104 valence electrons. The van der Waals surface area contributed by atoms with E-state index in [2.05, 4.69) is 5.32 Å². The highest BCUT2D eigenvalue weighted by Crippen LogP contribution is 2.17. The quantitative estimate of drug-likeness (QED) is 0.831. The average Bonchev–Trinajstić information content (AvgIpc) is 2.87. The Balaban J connectivity index is 1.95. The Morgan fingerprint density at radius 1 is 1.50 bits per heavy atom. The molecule has 1 aromatic rings. The lowest BCUT2D eigenvalue weighted by Gasteiger charge is -2.20. The SMILES string of the molecule is N#Cc1cccc(NC(=O)CN2CCCC2C(N)=O)c1. The number of nitriles is 1. The fourth-order valence-electron chi connectivity index (χ4n) is 2.39. The molecule has 0 aliphatic carbocycles. The van der Waals surface area contributed by atoms with E-state index in [9.17, 15) is 9.59 Å². The summed E-state index contributed by atoms with van der Waals surface area (Å²) in [6.07, 6.45) is 1.57. The number of likely N-dealkylation sites (tertiary alicyclic amines) is 1. The topological polar surface area (TPSA) is 99.2 Å². The molecule has 1 fully saturated rings. The molecule has 1 aliphatic rings. The van der Waals surface area contributed by atoms with Crippen molar-refractivity contribution >= 4 is 17.5 Å². The molecule has 3 N–H and O–H groups in total. The van der Waals surface area contributed by atoms with Crippen molar-refractivity contribution in [3.05, 3.63) is 29.8 Å². The number of carbonyl (C=O) groups is 2. The van der Waals surface area contributed by atoms with E-state index in [1.54, 1.807) is 29.2 Å².